The molecule has 3 nitrogen and oxygen atoms in total. The third kappa shape index (κ3) is 2.20. The fourth-order valence-corrected chi connectivity index (χ4v) is 3.14. The third-order valence-electron chi connectivity index (χ3n) is 3.38. The fraction of sp³-hybridized carbons (Fsp3) is 0.214. The molecule has 0 N–H and O–H groups in total. The predicted octanol–water partition coefficient (Wildman–Crippen LogP) is 4.69. The van der Waals surface area contributed by atoms with Crippen LogP contribution < -0.4 is 0 Å². The minimum Gasteiger partial charge on any atom is -0.341 e. The molecule has 0 saturated carbocycles. The number of hydrogen-bond donors (Lipinski definition) is 0. The summed E-state index contributed by atoms with van der Waals surface area (Å²) in [5.74, 6) is 0. The normalized spacial score (nSPS) is 11.4. The van der Waals surface area contributed by atoms with Crippen molar-refractivity contribution in [3.8, 4) is 0 Å². The van der Waals surface area contributed by atoms with Gasteiger partial charge >= 0.3 is 0 Å². The Hall–Kier alpha value is -1.16. The number of aryl methyl sites for hydroxylation is 2. The van der Waals surface area contributed by atoms with Gasteiger partial charge in [-0.1, -0.05) is 34.8 Å². The van der Waals surface area contributed by atoms with E-state index in [9.17, 15) is 0 Å². The molecule has 0 bridgehead atoms. The Morgan fingerprint density at radius 1 is 1.20 bits per heavy atom. The van der Waals surface area contributed by atoms with Crippen LogP contribution in [0.4, 0.5) is 0 Å². The van der Waals surface area contributed by atoms with Crippen molar-refractivity contribution in [1.82, 2.24) is 14.3 Å². The number of halogens is 3. The van der Waals surface area contributed by atoms with E-state index >= 15 is 0 Å². The van der Waals surface area contributed by atoms with Crippen LogP contribution in [0.2, 0.25) is 15.1 Å². The van der Waals surface area contributed by atoms with Gasteiger partial charge in [0.05, 0.1) is 33.5 Å². The Bertz CT molecular complexity index is 802. The average molecular weight is 329 g/mol. The van der Waals surface area contributed by atoms with Crippen molar-refractivity contribution in [2.45, 2.75) is 13.5 Å². The summed E-state index contributed by atoms with van der Waals surface area (Å²) < 4.78 is 3.87. The molecule has 3 rings (SSSR count). The quantitative estimate of drug-likeness (QED) is 0.669. The number of nitrogens with zero attached hydrogens (tertiary/aromatic N) is 3. The Labute approximate surface area is 131 Å². The summed E-state index contributed by atoms with van der Waals surface area (Å²) in [6, 6.07) is 5.63. The number of fused-ring (bicyclic) bond motifs is 1. The number of rotatable bonds is 2. The maximum Gasteiger partial charge on any atom is 0.0865 e. The van der Waals surface area contributed by atoms with E-state index < -0.39 is 0 Å². The molecule has 0 spiro atoms. The van der Waals surface area contributed by atoms with Crippen molar-refractivity contribution >= 4 is 45.7 Å². The van der Waals surface area contributed by atoms with Crippen molar-refractivity contribution in [1.29, 1.82) is 0 Å². The monoisotopic (exact) mass is 327 g/mol. The van der Waals surface area contributed by atoms with E-state index in [4.69, 9.17) is 34.8 Å². The molecule has 0 aliphatic heterocycles. The van der Waals surface area contributed by atoms with Gasteiger partial charge in [-0.3, -0.25) is 4.68 Å². The standard InChI is InChI=1S/C14H12Cl3N3/c1-8-14(17)13(19(2)18-8)7-20-4-3-10-11(16)5-9(15)6-12(10)20/h3-6H,7H2,1-2H3. The van der Waals surface area contributed by atoms with Crippen molar-refractivity contribution in [3.63, 3.8) is 0 Å². The first-order chi connectivity index (χ1) is 9.47. The molecule has 20 heavy (non-hydrogen) atoms. The van der Waals surface area contributed by atoms with Crippen LogP contribution in [0.15, 0.2) is 24.4 Å². The molecular formula is C14H12Cl3N3. The van der Waals surface area contributed by atoms with Gasteiger partial charge in [0, 0.05) is 23.7 Å². The van der Waals surface area contributed by atoms with E-state index in [1.807, 2.05) is 32.3 Å². The molecule has 2 heterocycles. The average Bonchev–Trinajstić information content (AvgIpc) is 2.87. The van der Waals surface area contributed by atoms with Crippen molar-refractivity contribution in [2.75, 3.05) is 0 Å². The topological polar surface area (TPSA) is 22.8 Å². The summed E-state index contributed by atoms with van der Waals surface area (Å²) >= 11 is 18.6. The second-order valence-electron chi connectivity index (χ2n) is 4.73. The minimum absolute atomic E-state index is 0.620. The number of hydrogen-bond acceptors (Lipinski definition) is 1. The smallest absolute Gasteiger partial charge is 0.0865 e. The van der Waals surface area contributed by atoms with Gasteiger partial charge in [-0.25, -0.2) is 0 Å². The van der Waals surface area contributed by atoms with E-state index in [1.54, 1.807) is 10.7 Å². The zero-order chi connectivity index (χ0) is 14.4. The lowest BCUT2D eigenvalue weighted by Gasteiger charge is -2.07. The van der Waals surface area contributed by atoms with Crippen LogP contribution in [-0.2, 0) is 13.6 Å². The van der Waals surface area contributed by atoms with Gasteiger partial charge in [0.15, 0.2) is 0 Å². The van der Waals surface area contributed by atoms with Crippen LogP contribution >= 0.6 is 34.8 Å². The predicted molar refractivity (Wildman–Crippen MR) is 84.0 cm³/mol. The van der Waals surface area contributed by atoms with Gasteiger partial charge in [-0.15, -0.1) is 0 Å². The van der Waals surface area contributed by atoms with Crippen LogP contribution in [0.1, 0.15) is 11.4 Å². The lowest BCUT2D eigenvalue weighted by molar-refractivity contribution is 0.673. The largest absolute Gasteiger partial charge is 0.341 e. The zero-order valence-electron chi connectivity index (χ0n) is 11.0. The van der Waals surface area contributed by atoms with E-state index in [0.29, 0.717) is 21.6 Å². The van der Waals surface area contributed by atoms with Gasteiger partial charge in [-0.2, -0.15) is 5.10 Å². The van der Waals surface area contributed by atoms with Crippen molar-refractivity contribution < 1.29 is 0 Å². The van der Waals surface area contributed by atoms with Crippen LogP contribution in [0, 0.1) is 6.92 Å². The van der Waals surface area contributed by atoms with E-state index in [0.717, 1.165) is 22.3 Å². The Morgan fingerprint density at radius 2 is 1.95 bits per heavy atom. The zero-order valence-corrected chi connectivity index (χ0v) is 13.3. The van der Waals surface area contributed by atoms with E-state index in [2.05, 4.69) is 9.67 Å². The molecule has 0 aliphatic carbocycles. The highest BCUT2D eigenvalue weighted by Crippen LogP contribution is 2.30. The molecule has 2 aromatic heterocycles. The van der Waals surface area contributed by atoms with Crippen LogP contribution in [-0.4, -0.2) is 14.3 Å². The molecule has 1 aromatic carbocycles. The first-order valence-corrected chi connectivity index (χ1v) is 7.22. The van der Waals surface area contributed by atoms with Crippen LogP contribution in [0.3, 0.4) is 0 Å². The molecule has 104 valence electrons. The summed E-state index contributed by atoms with van der Waals surface area (Å²) in [5.41, 5.74) is 2.77. The summed E-state index contributed by atoms with van der Waals surface area (Å²) in [6.07, 6.45) is 1.98. The summed E-state index contributed by atoms with van der Waals surface area (Å²) in [6.45, 7) is 2.52. The molecule has 3 aromatic rings. The highest BCUT2D eigenvalue weighted by atomic mass is 35.5. The SMILES string of the molecule is Cc1nn(C)c(Cn2ccc3c(Cl)cc(Cl)cc32)c1Cl. The maximum absolute atomic E-state index is 6.30. The number of benzene rings is 1. The molecule has 0 radical (unpaired) electrons. The van der Waals surface area contributed by atoms with Gasteiger partial charge in [-0.05, 0) is 25.1 Å². The second-order valence-corrected chi connectivity index (χ2v) is 5.96. The molecule has 0 saturated heterocycles. The fourth-order valence-electron chi connectivity index (χ4n) is 2.37. The number of aromatic nitrogens is 3. The second kappa shape index (κ2) is 4.99. The Balaban J connectivity index is 2.12. The summed E-state index contributed by atoms with van der Waals surface area (Å²) in [4.78, 5) is 0. The molecule has 0 unspecified atom stereocenters. The first kappa shape index (κ1) is 13.8. The Kier molecular flexibility index (Phi) is 3.44. The van der Waals surface area contributed by atoms with E-state index in [-0.39, 0.29) is 0 Å². The van der Waals surface area contributed by atoms with Gasteiger partial charge in [0.2, 0.25) is 0 Å². The molecule has 6 heteroatoms. The third-order valence-corrected chi connectivity index (χ3v) is 4.41. The van der Waals surface area contributed by atoms with Crippen LogP contribution in [0.25, 0.3) is 10.9 Å². The molecule has 0 amide bonds. The van der Waals surface area contributed by atoms with Crippen molar-refractivity contribution in [2.24, 2.45) is 7.05 Å². The Morgan fingerprint density at radius 3 is 2.60 bits per heavy atom. The molecule has 0 atom stereocenters. The van der Waals surface area contributed by atoms with Crippen LogP contribution in [0.5, 0.6) is 0 Å². The molecular weight excluding hydrogens is 317 g/mol. The van der Waals surface area contributed by atoms with Crippen molar-refractivity contribution in [3.05, 3.63) is 50.9 Å². The highest BCUT2D eigenvalue weighted by Gasteiger charge is 2.13. The highest BCUT2D eigenvalue weighted by molar-refractivity contribution is 6.38. The lowest BCUT2D eigenvalue weighted by Crippen LogP contribution is -2.05. The molecule has 0 aliphatic rings. The maximum atomic E-state index is 6.30. The molecule has 0 fully saturated rings. The minimum atomic E-state index is 0.620. The first-order valence-electron chi connectivity index (χ1n) is 6.09. The summed E-state index contributed by atoms with van der Waals surface area (Å²) in [7, 11) is 1.89. The van der Waals surface area contributed by atoms with E-state index in [1.165, 1.54) is 0 Å². The van der Waals surface area contributed by atoms with Gasteiger partial charge < -0.3 is 4.57 Å². The van der Waals surface area contributed by atoms with Gasteiger partial charge in [0.1, 0.15) is 0 Å². The lowest BCUT2D eigenvalue weighted by atomic mass is 10.2. The summed E-state index contributed by atoms with van der Waals surface area (Å²) in [5, 5.41) is 7.27. The van der Waals surface area contributed by atoms with Gasteiger partial charge in [0.25, 0.3) is 0 Å².